The second kappa shape index (κ2) is 8.56. The van der Waals surface area contributed by atoms with E-state index in [-0.39, 0.29) is 18.5 Å². The molecule has 6 nitrogen and oxygen atoms in total. The summed E-state index contributed by atoms with van der Waals surface area (Å²) in [5.41, 5.74) is -0.0658. The molecule has 0 spiro atoms. The van der Waals surface area contributed by atoms with E-state index in [0.29, 0.717) is 0 Å². The van der Waals surface area contributed by atoms with Gasteiger partial charge in [0.1, 0.15) is 6.04 Å². The molecule has 2 aromatic rings. The molecule has 0 saturated carbocycles. The third-order valence-electron chi connectivity index (χ3n) is 4.86. The molecule has 1 saturated heterocycles. The summed E-state index contributed by atoms with van der Waals surface area (Å²) in [6.45, 7) is 1.73. The molecule has 2 unspecified atom stereocenters. The highest BCUT2D eigenvalue weighted by Gasteiger charge is 2.41. The predicted molar refractivity (Wildman–Crippen MR) is 103 cm³/mol. The van der Waals surface area contributed by atoms with E-state index in [4.69, 9.17) is 0 Å². The molecule has 3 rings (SSSR count). The Bertz CT molecular complexity index is 947. The molecule has 0 bridgehead atoms. The number of amides is 4. The Morgan fingerprint density at radius 1 is 1.13 bits per heavy atom. The SMILES string of the molecule is CC(c1ccccc1)N1C(=O)NC(CCC(=O)Nc2cccc(C(F)(F)F)c2)C1=O. The normalized spacial score (nSPS) is 17.6. The molecule has 0 aromatic heterocycles. The molecule has 4 amide bonds. The fourth-order valence-electron chi connectivity index (χ4n) is 3.26. The predicted octanol–water partition coefficient (Wildman–Crippen LogP) is 4.11. The van der Waals surface area contributed by atoms with E-state index in [0.717, 1.165) is 22.6 Å². The quantitative estimate of drug-likeness (QED) is 0.692. The van der Waals surface area contributed by atoms with Crippen LogP contribution in [0.1, 0.15) is 36.9 Å². The van der Waals surface area contributed by atoms with Gasteiger partial charge in [0.25, 0.3) is 5.91 Å². The first kappa shape index (κ1) is 21.4. The summed E-state index contributed by atoms with van der Waals surface area (Å²) in [6, 6.07) is 11.5. The minimum Gasteiger partial charge on any atom is -0.326 e. The first-order chi connectivity index (χ1) is 14.2. The van der Waals surface area contributed by atoms with Gasteiger partial charge in [-0.3, -0.25) is 14.5 Å². The van der Waals surface area contributed by atoms with E-state index >= 15 is 0 Å². The smallest absolute Gasteiger partial charge is 0.326 e. The highest BCUT2D eigenvalue weighted by atomic mass is 19.4. The number of alkyl halides is 3. The van der Waals surface area contributed by atoms with Crippen molar-refractivity contribution in [3.05, 3.63) is 65.7 Å². The summed E-state index contributed by atoms with van der Waals surface area (Å²) in [6.07, 6.45) is -4.62. The third-order valence-corrected chi connectivity index (χ3v) is 4.86. The van der Waals surface area contributed by atoms with E-state index in [1.165, 1.54) is 12.1 Å². The Labute approximate surface area is 171 Å². The first-order valence-electron chi connectivity index (χ1n) is 9.32. The van der Waals surface area contributed by atoms with Crippen LogP contribution in [0.25, 0.3) is 0 Å². The molecule has 0 radical (unpaired) electrons. The van der Waals surface area contributed by atoms with E-state index in [1.54, 1.807) is 31.2 Å². The summed E-state index contributed by atoms with van der Waals surface area (Å²) in [7, 11) is 0. The minimum absolute atomic E-state index is 0.0101. The van der Waals surface area contributed by atoms with Crippen LogP contribution >= 0.6 is 0 Å². The molecule has 1 fully saturated rings. The van der Waals surface area contributed by atoms with Gasteiger partial charge in [0.05, 0.1) is 11.6 Å². The van der Waals surface area contributed by atoms with Gasteiger partial charge in [-0.15, -0.1) is 0 Å². The largest absolute Gasteiger partial charge is 0.416 e. The van der Waals surface area contributed by atoms with Crippen molar-refractivity contribution < 1.29 is 27.6 Å². The number of carbonyl (C=O) groups excluding carboxylic acids is 3. The van der Waals surface area contributed by atoms with Crippen molar-refractivity contribution in [1.29, 1.82) is 0 Å². The maximum atomic E-state index is 12.8. The van der Waals surface area contributed by atoms with E-state index < -0.39 is 41.7 Å². The van der Waals surface area contributed by atoms with Gasteiger partial charge in [-0.05, 0) is 37.1 Å². The van der Waals surface area contributed by atoms with Gasteiger partial charge in [0, 0.05) is 12.1 Å². The van der Waals surface area contributed by atoms with E-state index in [1.807, 2.05) is 6.07 Å². The topological polar surface area (TPSA) is 78.5 Å². The maximum absolute atomic E-state index is 12.8. The summed E-state index contributed by atoms with van der Waals surface area (Å²) in [5.74, 6) is -0.992. The number of halogens is 3. The number of rotatable bonds is 6. The molecule has 0 aliphatic carbocycles. The number of carbonyl (C=O) groups is 3. The Morgan fingerprint density at radius 2 is 1.83 bits per heavy atom. The lowest BCUT2D eigenvalue weighted by molar-refractivity contribution is -0.137. The monoisotopic (exact) mass is 419 g/mol. The van der Waals surface area contributed by atoms with Crippen molar-refractivity contribution in [3.63, 3.8) is 0 Å². The number of urea groups is 1. The zero-order valence-electron chi connectivity index (χ0n) is 16.1. The molecule has 2 N–H and O–H groups in total. The molecule has 1 aliphatic rings. The van der Waals surface area contributed by atoms with Gasteiger partial charge >= 0.3 is 12.2 Å². The molecule has 1 heterocycles. The number of nitrogens with one attached hydrogen (secondary N) is 2. The van der Waals surface area contributed by atoms with Crippen LogP contribution in [-0.4, -0.2) is 28.8 Å². The van der Waals surface area contributed by atoms with Crippen LogP contribution < -0.4 is 10.6 Å². The molecule has 158 valence electrons. The van der Waals surface area contributed by atoms with Crippen LogP contribution in [0.15, 0.2) is 54.6 Å². The van der Waals surface area contributed by atoms with Gasteiger partial charge in [-0.1, -0.05) is 36.4 Å². The van der Waals surface area contributed by atoms with Gasteiger partial charge in [0.2, 0.25) is 5.91 Å². The number of imide groups is 1. The molecule has 2 aromatic carbocycles. The number of hydrogen-bond acceptors (Lipinski definition) is 3. The van der Waals surface area contributed by atoms with Crippen molar-refractivity contribution in [1.82, 2.24) is 10.2 Å². The average molecular weight is 419 g/mol. The third kappa shape index (κ3) is 4.79. The van der Waals surface area contributed by atoms with Crippen molar-refractivity contribution in [2.24, 2.45) is 0 Å². The summed E-state index contributed by atoms with van der Waals surface area (Å²) >= 11 is 0. The fraction of sp³-hybridized carbons (Fsp3) is 0.286. The minimum atomic E-state index is -4.51. The Kier molecular flexibility index (Phi) is 6.09. The average Bonchev–Trinajstić information content (AvgIpc) is 2.99. The van der Waals surface area contributed by atoms with Crippen LogP contribution in [0.3, 0.4) is 0 Å². The Hall–Kier alpha value is -3.36. The van der Waals surface area contributed by atoms with Crippen LogP contribution in [-0.2, 0) is 15.8 Å². The standard InChI is InChI=1S/C21H20F3N3O3/c1-13(14-6-3-2-4-7-14)27-19(29)17(26-20(27)30)10-11-18(28)25-16-9-5-8-15(12-16)21(22,23)24/h2-9,12-13,17H,10-11H2,1H3,(H,25,28)(H,26,30). The Balaban J connectivity index is 1.58. The summed E-state index contributed by atoms with van der Waals surface area (Å²) < 4.78 is 38.3. The van der Waals surface area contributed by atoms with Crippen molar-refractivity contribution in [2.75, 3.05) is 5.32 Å². The lowest BCUT2D eigenvalue weighted by atomic mass is 10.1. The second-order valence-corrected chi connectivity index (χ2v) is 6.96. The second-order valence-electron chi connectivity index (χ2n) is 6.96. The zero-order chi connectivity index (χ0) is 21.9. The van der Waals surface area contributed by atoms with E-state index in [2.05, 4.69) is 10.6 Å². The number of anilines is 1. The van der Waals surface area contributed by atoms with Crippen molar-refractivity contribution in [3.8, 4) is 0 Å². The Morgan fingerprint density at radius 3 is 2.50 bits per heavy atom. The number of hydrogen-bond donors (Lipinski definition) is 2. The molecular weight excluding hydrogens is 399 g/mol. The number of benzene rings is 2. The maximum Gasteiger partial charge on any atom is 0.416 e. The van der Waals surface area contributed by atoms with Gasteiger partial charge in [0.15, 0.2) is 0 Å². The first-order valence-corrected chi connectivity index (χ1v) is 9.32. The van der Waals surface area contributed by atoms with Gasteiger partial charge in [-0.25, -0.2) is 4.79 Å². The van der Waals surface area contributed by atoms with Crippen LogP contribution in [0.4, 0.5) is 23.7 Å². The summed E-state index contributed by atoms with van der Waals surface area (Å²) in [4.78, 5) is 38.1. The highest BCUT2D eigenvalue weighted by Crippen LogP contribution is 2.31. The lowest BCUT2D eigenvalue weighted by Crippen LogP contribution is -2.34. The molecule has 9 heteroatoms. The fourth-order valence-corrected chi connectivity index (χ4v) is 3.26. The van der Waals surface area contributed by atoms with E-state index in [9.17, 15) is 27.6 Å². The number of nitrogens with zero attached hydrogens (tertiary/aromatic N) is 1. The van der Waals surface area contributed by atoms with Crippen molar-refractivity contribution >= 4 is 23.5 Å². The molecular formula is C21H20F3N3O3. The zero-order valence-corrected chi connectivity index (χ0v) is 16.1. The summed E-state index contributed by atoms with van der Waals surface area (Å²) in [5, 5.41) is 4.95. The van der Waals surface area contributed by atoms with Crippen LogP contribution in [0.2, 0.25) is 0 Å². The molecule has 30 heavy (non-hydrogen) atoms. The van der Waals surface area contributed by atoms with Gasteiger partial charge < -0.3 is 10.6 Å². The van der Waals surface area contributed by atoms with Crippen LogP contribution in [0, 0.1) is 0 Å². The van der Waals surface area contributed by atoms with Gasteiger partial charge in [-0.2, -0.15) is 13.2 Å². The van der Waals surface area contributed by atoms with Crippen molar-refractivity contribution in [2.45, 2.75) is 38.0 Å². The molecule has 2 atom stereocenters. The molecule has 1 aliphatic heterocycles. The highest BCUT2D eigenvalue weighted by molar-refractivity contribution is 6.05. The lowest BCUT2D eigenvalue weighted by Gasteiger charge is -2.21. The van der Waals surface area contributed by atoms with Crippen LogP contribution in [0.5, 0.6) is 0 Å².